The van der Waals surface area contributed by atoms with E-state index in [9.17, 15) is 18.3 Å². The lowest BCUT2D eigenvalue weighted by molar-refractivity contribution is -0.156. The predicted octanol–water partition coefficient (Wildman–Crippen LogP) is 2.51. The first kappa shape index (κ1) is 25.1. The molecule has 1 fully saturated rings. The SMILES string of the molecule is Cc1ccc(S(=O)(=O)OC[C@@H](O)[C@H]2OC(C)(C)O[C@@H]2CNC(=O)OCc2ccccc2)cc1. The average Bonchev–Trinajstić information content (AvgIpc) is 3.10. The van der Waals surface area contributed by atoms with Crippen molar-refractivity contribution in [1.82, 2.24) is 5.32 Å². The molecule has 3 atom stereocenters. The van der Waals surface area contributed by atoms with Crippen LogP contribution in [0.1, 0.15) is 25.0 Å². The van der Waals surface area contributed by atoms with Crippen LogP contribution in [0.15, 0.2) is 59.5 Å². The van der Waals surface area contributed by atoms with Gasteiger partial charge in [-0.05, 0) is 38.5 Å². The molecule has 10 heteroatoms. The van der Waals surface area contributed by atoms with Crippen molar-refractivity contribution < 1.29 is 36.7 Å². The molecular weight excluding hydrogens is 450 g/mol. The zero-order valence-electron chi connectivity index (χ0n) is 18.8. The summed E-state index contributed by atoms with van der Waals surface area (Å²) in [5.41, 5.74) is 1.75. The molecule has 9 nitrogen and oxygen atoms in total. The van der Waals surface area contributed by atoms with Gasteiger partial charge in [0.1, 0.15) is 24.9 Å². The van der Waals surface area contributed by atoms with Crippen molar-refractivity contribution >= 4 is 16.2 Å². The van der Waals surface area contributed by atoms with E-state index in [1.807, 2.05) is 37.3 Å². The number of aliphatic hydroxyl groups is 1. The van der Waals surface area contributed by atoms with Crippen molar-refractivity contribution in [2.45, 2.75) is 56.4 Å². The van der Waals surface area contributed by atoms with Gasteiger partial charge in [-0.15, -0.1) is 0 Å². The number of aryl methyl sites for hydroxylation is 1. The van der Waals surface area contributed by atoms with E-state index in [1.54, 1.807) is 26.0 Å². The molecule has 0 spiro atoms. The van der Waals surface area contributed by atoms with E-state index in [1.165, 1.54) is 12.1 Å². The second kappa shape index (κ2) is 10.6. The summed E-state index contributed by atoms with van der Waals surface area (Å²) in [6.45, 7) is 4.72. The smallest absolute Gasteiger partial charge is 0.407 e. The zero-order chi connectivity index (χ0) is 24.1. The third-order valence-corrected chi connectivity index (χ3v) is 6.26. The minimum absolute atomic E-state index is 0.0104. The summed E-state index contributed by atoms with van der Waals surface area (Å²) in [7, 11) is -4.05. The Labute approximate surface area is 193 Å². The summed E-state index contributed by atoms with van der Waals surface area (Å²) in [6, 6.07) is 15.4. The summed E-state index contributed by atoms with van der Waals surface area (Å²) < 4.78 is 46.5. The van der Waals surface area contributed by atoms with E-state index < -0.39 is 46.9 Å². The normalized spacial score (nSPS) is 20.8. The number of hydrogen-bond acceptors (Lipinski definition) is 8. The topological polar surface area (TPSA) is 120 Å². The lowest BCUT2D eigenvalue weighted by atomic mass is 10.1. The van der Waals surface area contributed by atoms with E-state index in [0.717, 1.165) is 11.1 Å². The van der Waals surface area contributed by atoms with Crippen LogP contribution in [0.4, 0.5) is 4.79 Å². The van der Waals surface area contributed by atoms with Gasteiger partial charge in [0.25, 0.3) is 10.1 Å². The second-order valence-corrected chi connectivity index (χ2v) is 9.82. The van der Waals surface area contributed by atoms with Gasteiger partial charge in [-0.3, -0.25) is 4.18 Å². The van der Waals surface area contributed by atoms with Gasteiger partial charge in [0.15, 0.2) is 5.79 Å². The molecule has 0 bridgehead atoms. The molecule has 33 heavy (non-hydrogen) atoms. The van der Waals surface area contributed by atoms with Crippen molar-refractivity contribution in [3.8, 4) is 0 Å². The largest absolute Gasteiger partial charge is 0.445 e. The summed E-state index contributed by atoms with van der Waals surface area (Å²) in [5.74, 6) is -1.04. The quantitative estimate of drug-likeness (QED) is 0.527. The highest BCUT2D eigenvalue weighted by Crippen LogP contribution is 2.30. The van der Waals surface area contributed by atoms with Crippen LogP contribution in [0.5, 0.6) is 0 Å². The minimum atomic E-state index is -4.05. The minimum Gasteiger partial charge on any atom is -0.445 e. The van der Waals surface area contributed by atoms with Crippen LogP contribution in [0, 0.1) is 6.92 Å². The van der Waals surface area contributed by atoms with E-state index >= 15 is 0 Å². The highest BCUT2D eigenvalue weighted by Gasteiger charge is 2.45. The van der Waals surface area contributed by atoms with Crippen LogP contribution in [0.25, 0.3) is 0 Å². The molecule has 180 valence electrons. The third kappa shape index (κ3) is 7.24. The van der Waals surface area contributed by atoms with Gasteiger partial charge in [-0.2, -0.15) is 8.42 Å². The molecule has 2 aromatic rings. The molecule has 0 aromatic heterocycles. The van der Waals surface area contributed by atoms with Gasteiger partial charge in [-0.1, -0.05) is 48.0 Å². The molecule has 1 heterocycles. The van der Waals surface area contributed by atoms with Gasteiger partial charge in [-0.25, -0.2) is 4.79 Å². The van der Waals surface area contributed by atoms with Crippen LogP contribution in [-0.2, 0) is 35.1 Å². The Morgan fingerprint density at radius 2 is 1.79 bits per heavy atom. The first-order valence-electron chi connectivity index (χ1n) is 10.5. The Morgan fingerprint density at radius 3 is 2.45 bits per heavy atom. The van der Waals surface area contributed by atoms with Crippen LogP contribution < -0.4 is 5.32 Å². The van der Waals surface area contributed by atoms with E-state index in [4.69, 9.17) is 18.4 Å². The maximum absolute atomic E-state index is 12.4. The zero-order valence-corrected chi connectivity index (χ0v) is 19.6. The van der Waals surface area contributed by atoms with Gasteiger partial charge in [0, 0.05) is 6.54 Å². The fourth-order valence-corrected chi connectivity index (χ4v) is 4.26. The van der Waals surface area contributed by atoms with Gasteiger partial charge in [0.2, 0.25) is 0 Å². The molecular formula is C23H29NO8S. The lowest BCUT2D eigenvalue weighted by Crippen LogP contribution is -2.44. The molecule has 0 aliphatic carbocycles. The Kier molecular flexibility index (Phi) is 8.09. The molecule has 2 aromatic carbocycles. The molecule has 0 saturated carbocycles. The number of carbonyl (C=O) groups is 1. The standard InChI is InChI=1S/C23H29NO8S/c1-16-9-11-18(12-10-16)33(27,28)30-15-19(25)21-20(31-23(2,3)32-21)13-24-22(26)29-14-17-7-5-4-6-8-17/h4-12,19-21,25H,13-15H2,1-3H3,(H,24,26)/t19-,20-,21-/m1/s1. The lowest BCUT2D eigenvalue weighted by Gasteiger charge is -2.22. The van der Waals surface area contributed by atoms with Crippen LogP contribution in [0.2, 0.25) is 0 Å². The van der Waals surface area contributed by atoms with Crippen molar-refractivity contribution in [2.24, 2.45) is 0 Å². The highest BCUT2D eigenvalue weighted by atomic mass is 32.2. The van der Waals surface area contributed by atoms with Gasteiger partial charge in [0.05, 0.1) is 11.5 Å². The molecule has 1 saturated heterocycles. The van der Waals surface area contributed by atoms with Gasteiger partial charge < -0.3 is 24.6 Å². The predicted molar refractivity (Wildman–Crippen MR) is 119 cm³/mol. The van der Waals surface area contributed by atoms with Crippen LogP contribution in [0.3, 0.4) is 0 Å². The Bertz CT molecular complexity index is 1020. The van der Waals surface area contributed by atoms with Crippen LogP contribution >= 0.6 is 0 Å². The van der Waals surface area contributed by atoms with Crippen LogP contribution in [-0.4, -0.2) is 56.9 Å². The van der Waals surface area contributed by atoms with Crippen molar-refractivity contribution in [3.63, 3.8) is 0 Å². The second-order valence-electron chi connectivity index (χ2n) is 8.20. The monoisotopic (exact) mass is 479 g/mol. The molecule has 1 aliphatic heterocycles. The van der Waals surface area contributed by atoms with Crippen molar-refractivity contribution in [2.75, 3.05) is 13.2 Å². The highest BCUT2D eigenvalue weighted by molar-refractivity contribution is 7.86. The third-order valence-electron chi connectivity index (χ3n) is 4.96. The van der Waals surface area contributed by atoms with E-state index in [-0.39, 0.29) is 18.0 Å². The average molecular weight is 480 g/mol. The Morgan fingerprint density at radius 1 is 1.12 bits per heavy atom. The Hall–Kier alpha value is -2.50. The summed E-state index contributed by atoms with van der Waals surface area (Å²) in [5, 5.41) is 13.2. The maximum Gasteiger partial charge on any atom is 0.407 e. The number of aliphatic hydroxyl groups excluding tert-OH is 1. The van der Waals surface area contributed by atoms with Crippen molar-refractivity contribution in [1.29, 1.82) is 0 Å². The van der Waals surface area contributed by atoms with E-state index in [2.05, 4.69) is 5.32 Å². The number of alkyl carbamates (subject to hydrolysis) is 1. The summed E-state index contributed by atoms with van der Waals surface area (Å²) in [6.07, 6.45) is -3.65. The number of nitrogens with one attached hydrogen (secondary N) is 1. The van der Waals surface area contributed by atoms with E-state index in [0.29, 0.717) is 0 Å². The number of ether oxygens (including phenoxy) is 3. The molecule has 1 amide bonds. The fraction of sp³-hybridized carbons (Fsp3) is 0.435. The van der Waals surface area contributed by atoms with Crippen molar-refractivity contribution in [3.05, 3.63) is 65.7 Å². The number of benzene rings is 2. The maximum atomic E-state index is 12.4. The first-order chi connectivity index (χ1) is 15.6. The van der Waals surface area contributed by atoms with Gasteiger partial charge >= 0.3 is 6.09 Å². The number of hydrogen-bond donors (Lipinski definition) is 2. The molecule has 0 radical (unpaired) electrons. The molecule has 1 aliphatic rings. The molecule has 2 N–H and O–H groups in total. The summed E-state index contributed by atoms with van der Waals surface area (Å²) >= 11 is 0. The first-order valence-corrected chi connectivity index (χ1v) is 11.9. The summed E-state index contributed by atoms with van der Waals surface area (Å²) in [4.78, 5) is 12.0. The number of rotatable bonds is 9. The molecule has 0 unspecified atom stereocenters. The fourth-order valence-electron chi connectivity index (χ4n) is 3.33. The number of amides is 1. The number of carbonyl (C=O) groups excluding carboxylic acids is 1. The Balaban J connectivity index is 1.53. The molecule has 3 rings (SSSR count).